The average Bonchev–Trinajstić information content (AvgIpc) is 3.12. The molecule has 2 N–H and O–H groups in total. The Kier molecular flexibility index (Phi) is 4.82. The molecular formula is C21H14FN3O2S. The number of carbonyl (C=O) groups is 1. The fraction of sp³-hybridized carbons (Fsp3) is 0. The second-order valence-electron chi connectivity index (χ2n) is 5.98. The number of rotatable bonds is 3. The van der Waals surface area contributed by atoms with Crippen molar-refractivity contribution >= 4 is 40.0 Å². The van der Waals surface area contributed by atoms with Gasteiger partial charge in [0.15, 0.2) is 10.7 Å². The molecule has 0 fully saturated rings. The summed E-state index contributed by atoms with van der Waals surface area (Å²) in [6.45, 7) is 0. The molecule has 3 aromatic carbocycles. The Bertz CT molecular complexity index is 1160. The van der Waals surface area contributed by atoms with E-state index in [9.17, 15) is 9.18 Å². The second-order valence-corrected chi connectivity index (χ2v) is 6.39. The van der Waals surface area contributed by atoms with E-state index in [1.165, 1.54) is 12.1 Å². The summed E-state index contributed by atoms with van der Waals surface area (Å²) in [5.74, 6) is -0.219. The Morgan fingerprint density at radius 3 is 2.50 bits per heavy atom. The monoisotopic (exact) mass is 391 g/mol. The van der Waals surface area contributed by atoms with E-state index in [4.69, 9.17) is 16.6 Å². The fourth-order valence-corrected chi connectivity index (χ4v) is 2.86. The molecule has 0 unspecified atom stereocenters. The summed E-state index contributed by atoms with van der Waals surface area (Å²) in [6, 6.07) is 20.0. The third-order valence-electron chi connectivity index (χ3n) is 4.00. The van der Waals surface area contributed by atoms with Crippen molar-refractivity contribution in [2.24, 2.45) is 0 Å². The van der Waals surface area contributed by atoms with Gasteiger partial charge < -0.3 is 9.73 Å². The number of thiocarbonyl (C=S) groups is 1. The summed E-state index contributed by atoms with van der Waals surface area (Å²) in [5.41, 5.74) is 3.05. The zero-order valence-electron chi connectivity index (χ0n) is 14.5. The zero-order chi connectivity index (χ0) is 19.5. The normalized spacial score (nSPS) is 10.6. The molecule has 1 aromatic heterocycles. The number of fused-ring (bicyclic) bond motifs is 1. The SMILES string of the molecule is O=C(NC(=S)Nc1ccc2oc(-c3ccc(F)cc3)nc2c1)c1ccccc1. The lowest BCUT2D eigenvalue weighted by Gasteiger charge is -2.09. The number of hydrogen-bond acceptors (Lipinski definition) is 4. The number of benzene rings is 3. The molecule has 0 bridgehead atoms. The third-order valence-corrected chi connectivity index (χ3v) is 4.20. The molecule has 4 rings (SSSR count). The van der Waals surface area contributed by atoms with Crippen molar-refractivity contribution in [1.82, 2.24) is 10.3 Å². The molecule has 0 saturated carbocycles. The van der Waals surface area contributed by atoms with Gasteiger partial charge in [0.2, 0.25) is 5.89 Å². The fourth-order valence-electron chi connectivity index (χ4n) is 2.65. The Hall–Kier alpha value is -3.58. The van der Waals surface area contributed by atoms with E-state index >= 15 is 0 Å². The van der Waals surface area contributed by atoms with Crippen molar-refractivity contribution in [3.63, 3.8) is 0 Å². The highest BCUT2D eigenvalue weighted by atomic mass is 32.1. The number of hydrogen-bond donors (Lipinski definition) is 2. The van der Waals surface area contributed by atoms with Gasteiger partial charge in [0.25, 0.3) is 5.91 Å². The number of amides is 1. The largest absolute Gasteiger partial charge is 0.436 e. The molecule has 0 aliphatic carbocycles. The standard InChI is InChI=1S/C21H14FN3O2S/c22-15-8-6-14(7-9-15)20-24-17-12-16(10-11-18(17)27-20)23-21(28)25-19(26)13-4-2-1-3-5-13/h1-12H,(H2,23,25,26,28). The van der Waals surface area contributed by atoms with Gasteiger partial charge >= 0.3 is 0 Å². The van der Waals surface area contributed by atoms with Crippen LogP contribution in [0.4, 0.5) is 10.1 Å². The van der Waals surface area contributed by atoms with Gasteiger partial charge in [-0.1, -0.05) is 18.2 Å². The first-order valence-corrected chi connectivity index (χ1v) is 8.83. The summed E-state index contributed by atoms with van der Waals surface area (Å²) < 4.78 is 18.8. The highest BCUT2D eigenvalue weighted by Gasteiger charge is 2.11. The quantitative estimate of drug-likeness (QED) is 0.493. The van der Waals surface area contributed by atoms with E-state index < -0.39 is 0 Å². The summed E-state index contributed by atoms with van der Waals surface area (Å²) in [7, 11) is 0. The minimum Gasteiger partial charge on any atom is -0.436 e. The first-order valence-electron chi connectivity index (χ1n) is 8.42. The molecule has 1 amide bonds. The number of carbonyl (C=O) groups excluding carboxylic acids is 1. The van der Waals surface area contributed by atoms with E-state index in [2.05, 4.69) is 15.6 Å². The Morgan fingerprint density at radius 2 is 1.75 bits per heavy atom. The van der Waals surface area contributed by atoms with Crippen molar-refractivity contribution in [3.05, 3.63) is 84.2 Å². The topological polar surface area (TPSA) is 67.2 Å². The number of nitrogens with zero attached hydrogens (tertiary/aromatic N) is 1. The van der Waals surface area contributed by atoms with E-state index in [1.807, 2.05) is 6.07 Å². The van der Waals surface area contributed by atoms with Gasteiger partial charge in [0.1, 0.15) is 11.3 Å². The lowest BCUT2D eigenvalue weighted by Crippen LogP contribution is -2.34. The van der Waals surface area contributed by atoms with Crippen LogP contribution in [0.15, 0.2) is 77.2 Å². The molecule has 0 atom stereocenters. The lowest BCUT2D eigenvalue weighted by atomic mass is 10.2. The van der Waals surface area contributed by atoms with Crippen LogP contribution in [0.3, 0.4) is 0 Å². The summed E-state index contributed by atoms with van der Waals surface area (Å²) in [5, 5.41) is 5.77. The van der Waals surface area contributed by atoms with Gasteiger partial charge in [-0.05, 0) is 66.8 Å². The van der Waals surface area contributed by atoms with E-state index in [0.717, 1.165) is 0 Å². The molecule has 0 saturated heterocycles. The van der Waals surface area contributed by atoms with Crippen LogP contribution in [0.2, 0.25) is 0 Å². The summed E-state index contributed by atoms with van der Waals surface area (Å²) in [4.78, 5) is 16.6. The molecule has 7 heteroatoms. The van der Waals surface area contributed by atoms with Crippen molar-refractivity contribution in [3.8, 4) is 11.5 Å². The number of nitrogens with one attached hydrogen (secondary N) is 2. The molecule has 28 heavy (non-hydrogen) atoms. The molecule has 4 aromatic rings. The van der Waals surface area contributed by atoms with Crippen molar-refractivity contribution < 1.29 is 13.6 Å². The van der Waals surface area contributed by atoms with Gasteiger partial charge in [0, 0.05) is 16.8 Å². The predicted octanol–water partition coefficient (Wildman–Crippen LogP) is 4.76. The van der Waals surface area contributed by atoms with E-state index in [-0.39, 0.29) is 16.8 Å². The second kappa shape index (κ2) is 7.58. The maximum Gasteiger partial charge on any atom is 0.257 e. The summed E-state index contributed by atoms with van der Waals surface area (Å²) >= 11 is 5.21. The van der Waals surface area contributed by atoms with Gasteiger partial charge in [0.05, 0.1) is 0 Å². The minimum absolute atomic E-state index is 0.176. The van der Waals surface area contributed by atoms with E-state index in [0.29, 0.717) is 33.8 Å². The van der Waals surface area contributed by atoms with Crippen LogP contribution < -0.4 is 10.6 Å². The van der Waals surface area contributed by atoms with Crippen LogP contribution >= 0.6 is 12.2 Å². The minimum atomic E-state index is -0.322. The van der Waals surface area contributed by atoms with Crippen LogP contribution in [-0.2, 0) is 0 Å². The first kappa shape index (κ1) is 17.8. The Balaban J connectivity index is 1.49. The molecule has 0 aliphatic heterocycles. The van der Waals surface area contributed by atoms with Crippen molar-refractivity contribution in [2.75, 3.05) is 5.32 Å². The van der Waals surface area contributed by atoms with Crippen LogP contribution in [0, 0.1) is 5.82 Å². The molecular weight excluding hydrogens is 377 g/mol. The molecule has 5 nitrogen and oxygen atoms in total. The third kappa shape index (κ3) is 3.89. The highest BCUT2D eigenvalue weighted by molar-refractivity contribution is 7.80. The Morgan fingerprint density at radius 1 is 1.00 bits per heavy atom. The van der Waals surface area contributed by atoms with Crippen molar-refractivity contribution in [2.45, 2.75) is 0 Å². The predicted molar refractivity (Wildman–Crippen MR) is 110 cm³/mol. The molecule has 0 spiro atoms. The number of oxazole rings is 1. The van der Waals surface area contributed by atoms with Crippen molar-refractivity contribution in [1.29, 1.82) is 0 Å². The van der Waals surface area contributed by atoms with Crippen LogP contribution in [0.25, 0.3) is 22.6 Å². The van der Waals surface area contributed by atoms with E-state index in [1.54, 1.807) is 54.6 Å². The molecule has 138 valence electrons. The van der Waals surface area contributed by atoms with Gasteiger partial charge in [-0.15, -0.1) is 0 Å². The lowest BCUT2D eigenvalue weighted by molar-refractivity contribution is 0.0977. The highest BCUT2D eigenvalue weighted by Crippen LogP contribution is 2.26. The Labute approximate surface area is 165 Å². The van der Waals surface area contributed by atoms with Gasteiger partial charge in [-0.2, -0.15) is 0 Å². The molecule has 0 radical (unpaired) electrons. The zero-order valence-corrected chi connectivity index (χ0v) is 15.3. The maximum atomic E-state index is 13.1. The van der Waals surface area contributed by atoms with Gasteiger partial charge in [-0.3, -0.25) is 10.1 Å². The molecule has 1 heterocycles. The average molecular weight is 391 g/mol. The van der Waals surface area contributed by atoms with Crippen LogP contribution in [-0.4, -0.2) is 16.0 Å². The number of anilines is 1. The van der Waals surface area contributed by atoms with Crippen LogP contribution in [0.5, 0.6) is 0 Å². The number of halogens is 1. The number of aromatic nitrogens is 1. The first-order chi connectivity index (χ1) is 13.6. The summed E-state index contributed by atoms with van der Waals surface area (Å²) in [6.07, 6.45) is 0. The maximum absolute atomic E-state index is 13.1. The van der Waals surface area contributed by atoms with Gasteiger partial charge in [-0.25, -0.2) is 9.37 Å². The molecule has 0 aliphatic rings. The smallest absolute Gasteiger partial charge is 0.257 e. The van der Waals surface area contributed by atoms with Crippen LogP contribution in [0.1, 0.15) is 10.4 Å².